The second-order valence-electron chi connectivity index (χ2n) is 3.21. The van der Waals surface area contributed by atoms with E-state index in [9.17, 15) is 0 Å². The molecule has 0 radical (unpaired) electrons. The molecule has 1 nitrogen and oxygen atoms in total. The van der Waals surface area contributed by atoms with Gasteiger partial charge in [-0.15, -0.1) is 23.2 Å². The molecule has 1 N–H and O–H groups in total. The fourth-order valence-corrected chi connectivity index (χ4v) is 1.14. The van der Waals surface area contributed by atoms with Gasteiger partial charge in [-0.3, -0.25) is 0 Å². The fraction of sp³-hybridized carbons (Fsp3) is 1.00. The molecule has 0 fully saturated rings. The van der Waals surface area contributed by atoms with E-state index in [2.05, 4.69) is 13.8 Å². The lowest BCUT2D eigenvalue weighted by atomic mass is 9.99. The van der Waals surface area contributed by atoms with Crippen molar-refractivity contribution in [3.05, 3.63) is 0 Å². The maximum absolute atomic E-state index is 8.54. The second-order valence-corrected chi connectivity index (χ2v) is 4.02. The lowest BCUT2D eigenvalue weighted by Crippen LogP contribution is -1.95. The van der Waals surface area contributed by atoms with Crippen LogP contribution >= 0.6 is 23.2 Å². The number of alkyl halides is 2. The van der Waals surface area contributed by atoms with Crippen molar-refractivity contribution in [1.29, 1.82) is 0 Å². The molecule has 0 saturated heterocycles. The molecule has 0 spiro atoms. The van der Waals surface area contributed by atoms with Crippen molar-refractivity contribution in [3.63, 3.8) is 0 Å². The number of rotatable bonds is 6. The van der Waals surface area contributed by atoms with Crippen LogP contribution in [0.2, 0.25) is 0 Å². The first-order valence-corrected chi connectivity index (χ1v) is 6.02. The lowest BCUT2D eigenvalue weighted by molar-refractivity contribution is 0.271. The zero-order valence-electron chi connectivity index (χ0n) is 8.73. The average Bonchev–Trinajstić information content (AvgIpc) is 2.12. The summed E-state index contributed by atoms with van der Waals surface area (Å²) in [4.78, 5) is 0. The summed E-state index contributed by atoms with van der Waals surface area (Å²) in [5, 5.41) is 8.74. The Morgan fingerprint density at radius 1 is 1.15 bits per heavy atom. The van der Waals surface area contributed by atoms with Crippen molar-refractivity contribution in [3.8, 4) is 0 Å². The summed E-state index contributed by atoms with van der Waals surface area (Å²) < 4.78 is 0. The topological polar surface area (TPSA) is 20.2 Å². The predicted octanol–water partition coefficient (Wildman–Crippen LogP) is 4.01. The number of hydrogen-bond acceptors (Lipinski definition) is 1. The van der Waals surface area contributed by atoms with Gasteiger partial charge in [-0.1, -0.05) is 33.1 Å². The van der Waals surface area contributed by atoms with E-state index in [1.54, 1.807) is 0 Å². The number of halogens is 2. The Kier molecular flexibility index (Phi) is 18.5. The Morgan fingerprint density at radius 3 is 2.00 bits per heavy atom. The Balaban J connectivity index is 0. The maximum atomic E-state index is 8.54. The van der Waals surface area contributed by atoms with Crippen molar-refractivity contribution < 1.29 is 5.11 Å². The Morgan fingerprint density at radius 2 is 1.62 bits per heavy atom. The van der Waals surface area contributed by atoms with E-state index in [-0.39, 0.29) is 5.34 Å². The molecule has 0 aliphatic heterocycles. The molecular formula is C10H22Cl2O. The van der Waals surface area contributed by atoms with Crippen LogP contribution in [0.3, 0.4) is 0 Å². The first-order valence-electron chi connectivity index (χ1n) is 4.95. The van der Waals surface area contributed by atoms with Crippen LogP contribution in [0.25, 0.3) is 0 Å². The molecule has 0 heterocycles. The van der Waals surface area contributed by atoms with Crippen molar-refractivity contribution in [2.45, 2.75) is 46.0 Å². The van der Waals surface area contributed by atoms with Crippen LogP contribution in [0, 0.1) is 5.92 Å². The van der Waals surface area contributed by atoms with Gasteiger partial charge in [0.2, 0.25) is 0 Å². The van der Waals surface area contributed by atoms with Crippen molar-refractivity contribution >= 4 is 23.2 Å². The third-order valence-corrected chi connectivity index (χ3v) is 1.91. The van der Waals surface area contributed by atoms with E-state index in [1.807, 2.05) is 0 Å². The van der Waals surface area contributed by atoms with Gasteiger partial charge in [0, 0.05) is 6.61 Å². The maximum Gasteiger partial charge on any atom is 0.0967 e. The number of aliphatic hydroxyl groups is 1. The van der Waals surface area contributed by atoms with E-state index in [0.717, 1.165) is 12.3 Å². The van der Waals surface area contributed by atoms with Crippen LogP contribution in [-0.4, -0.2) is 17.1 Å². The highest BCUT2D eigenvalue weighted by atomic mass is 35.5. The van der Waals surface area contributed by atoms with Gasteiger partial charge in [0.25, 0.3) is 0 Å². The third-order valence-electron chi connectivity index (χ3n) is 1.91. The normalized spacial score (nSPS) is 11.8. The van der Waals surface area contributed by atoms with E-state index < -0.39 is 0 Å². The van der Waals surface area contributed by atoms with E-state index >= 15 is 0 Å². The summed E-state index contributed by atoms with van der Waals surface area (Å²) in [6.07, 6.45) is 6.13. The molecule has 0 rings (SSSR count). The molecule has 0 aromatic heterocycles. The molecule has 1 unspecified atom stereocenters. The van der Waals surface area contributed by atoms with Gasteiger partial charge < -0.3 is 5.11 Å². The first-order chi connectivity index (χ1) is 6.22. The van der Waals surface area contributed by atoms with Crippen molar-refractivity contribution in [1.82, 2.24) is 0 Å². The fourth-order valence-electron chi connectivity index (χ4n) is 1.14. The quantitative estimate of drug-likeness (QED) is 0.682. The summed E-state index contributed by atoms with van der Waals surface area (Å²) in [5.74, 6) is 0.812. The molecule has 0 bridgehead atoms. The van der Waals surface area contributed by atoms with Gasteiger partial charge in [-0.05, 0) is 18.8 Å². The summed E-state index contributed by atoms with van der Waals surface area (Å²) in [6, 6.07) is 0. The average molecular weight is 229 g/mol. The lowest BCUT2D eigenvalue weighted by Gasteiger charge is -2.08. The smallest absolute Gasteiger partial charge is 0.0967 e. The number of unbranched alkanes of at least 4 members (excludes halogenated alkanes) is 1. The summed E-state index contributed by atoms with van der Waals surface area (Å²) >= 11 is 9.53. The van der Waals surface area contributed by atoms with Gasteiger partial charge in [-0.25, -0.2) is 0 Å². The molecule has 0 amide bonds. The van der Waals surface area contributed by atoms with Crippen LogP contribution in [0.1, 0.15) is 46.0 Å². The largest absolute Gasteiger partial charge is 0.396 e. The number of hydrogen-bond donors (Lipinski definition) is 1. The monoisotopic (exact) mass is 228 g/mol. The molecule has 0 aliphatic rings. The van der Waals surface area contributed by atoms with E-state index in [1.165, 1.54) is 25.7 Å². The van der Waals surface area contributed by atoms with Crippen molar-refractivity contribution in [2.24, 2.45) is 5.92 Å². The molecule has 1 atom stereocenters. The van der Waals surface area contributed by atoms with E-state index in [0.29, 0.717) is 6.61 Å². The Labute approximate surface area is 92.4 Å². The van der Waals surface area contributed by atoms with Gasteiger partial charge in [0.05, 0.1) is 5.34 Å². The minimum Gasteiger partial charge on any atom is -0.396 e. The zero-order chi connectivity index (χ0) is 10.5. The molecule has 0 aromatic carbocycles. The molecule has 0 saturated carbocycles. The molecule has 0 aromatic rings. The molecule has 82 valence electrons. The third kappa shape index (κ3) is 19.1. The zero-order valence-corrected chi connectivity index (χ0v) is 10.2. The second kappa shape index (κ2) is 15.0. The molecule has 0 aliphatic carbocycles. The summed E-state index contributed by atoms with van der Waals surface area (Å²) in [6.45, 7) is 4.85. The predicted molar refractivity (Wildman–Crippen MR) is 61.6 cm³/mol. The van der Waals surface area contributed by atoms with Gasteiger partial charge in [-0.2, -0.15) is 0 Å². The van der Waals surface area contributed by atoms with Crippen LogP contribution in [0.4, 0.5) is 0 Å². The standard InChI is InChI=1S/C9H20O.CH2Cl2/c1-3-4-6-9(2)7-5-8-10;2-1-3/h9-10H,3-8H2,1-2H3;1H2. The Bertz CT molecular complexity index is 71.3. The van der Waals surface area contributed by atoms with Crippen molar-refractivity contribution in [2.75, 3.05) is 11.9 Å². The van der Waals surface area contributed by atoms with Gasteiger partial charge >= 0.3 is 0 Å². The van der Waals surface area contributed by atoms with Gasteiger partial charge in [0.15, 0.2) is 0 Å². The van der Waals surface area contributed by atoms with Crippen LogP contribution in [-0.2, 0) is 0 Å². The molecule has 3 heteroatoms. The molecular weight excluding hydrogens is 207 g/mol. The van der Waals surface area contributed by atoms with E-state index in [4.69, 9.17) is 28.3 Å². The van der Waals surface area contributed by atoms with Crippen LogP contribution in [0.15, 0.2) is 0 Å². The Hall–Kier alpha value is 0.540. The van der Waals surface area contributed by atoms with Crippen LogP contribution < -0.4 is 0 Å². The SMILES string of the molecule is CCCCC(C)CCCO.ClCCl. The van der Waals surface area contributed by atoms with Crippen LogP contribution in [0.5, 0.6) is 0 Å². The summed E-state index contributed by atoms with van der Waals surface area (Å²) in [5.41, 5.74) is 0. The number of aliphatic hydroxyl groups excluding tert-OH is 1. The highest BCUT2D eigenvalue weighted by Gasteiger charge is 1.99. The van der Waals surface area contributed by atoms with Gasteiger partial charge in [0.1, 0.15) is 0 Å². The first kappa shape index (κ1) is 16.0. The highest BCUT2D eigenvalue weighted by molar-refractivity contribution is 6.40. The molecule has 13 heavy (non-hydrogen) atoms. The minimum atomic E-state index is 0.194. The minimum absolute atomic E-state index is 0.194. The highest BCUT2D eigenvalue weighted by Crippen LogP contribution is 2.12. The summed E-state index contributed by atoms with van der Waals surface area (Å²) in [7, 11) is 0.